The van der Waals surface area contributed by atoms with Crippen LogP contribution in [0.2, 0.25) is 0 Å². The van der Waals surface area contributed by atoms with Gasteiger partial charge in [-0.2, -0.15) is 13.2 Å². The Hall–Kier alpha value is -4.02. The second kappa shape index (κ2) is 17.0. The molecule has 53 heavy (non-hydrogen) atoms. The molecule has 2 aromatic carbocycles. The number of alkyl halides is 3. The van der Waals surface area contributed by atoms with Gasteiger partial charge in [-0.3, -0.25) is 0 Å². The van der Waals surface area contributed by atoms with Crippen LogP contribution in [-0.4, -0.2) is 59.7 Å². The number of nitrogens with zero attached hydrogens (tertiary/aromatic N) is 5. The van der Waals surface area contributed by atoms with Crippen molar-refractivity contribution in [2.45, 2.75) is 39.4 Å². The molecule has 5 rings (SSSR count). The molecule has 0 spiro atoms. The number of fused-ring (bicyclic) bond motifs is 2. The molecule has 12 nitrogen and oxygen atoms in total. The zero-order valence-electron chi connectivity index (χ0n) is 29.2. The number of imidazole rings is 1. The number of nitrogens with two attached hydrogens (primary N) is 1. The molecule has 18 heteroatoms. The van der Waals surface area contributed by atoms with E-state index < -0.39 is 43.5 Å². The van der Waals surface area contributed by atoms with E-state index in [0.717, 1.165) is 17.8 Å². The maximum absolute atomic E-state index is 13.7. The molecule has 1 aliphatic rings. The Morgan fingerprint density at radius 3 is 2.21 bits per heavy atom. The molecule has 4 aromatic rings. The zero-order chi connectivity index (χ0) is 37.8. The molecule has 0 bridgehead atoms. The SMILES string of the molecule is CCN1\C(=C/C=C(C)/C=C/c2n(CCCS(=O)(=O)[O-])c3cc(-n4cccc4)ccc3[n+]2C#CN)N(CCCS(=O)(=O)[O-])c2cc(C(F)(F)F)ccc21.[Na+]. The topological polar surface area (TPSA) is 161 Å². The summed E-state index contributed by atoms with van der Waals surface area (Å²) in [6.07, 6.45) is 6.03. The summed E-state index contributed by atoms with van der Waals surface area (Å²) in [6, 6.07) is 18.1. The van der Waals surface area contributed by atoms with Crippen LogP contribution in [0.4, 0.5) is 24.5 Å². The molecular weight excluding hydrogens is 745 g/mol. The number of benzene rings is 2. The van der Waals surface area contributed by atoms with Crippen LogP contribution in [0, 0.1) is 12.1 Å². The average molecular weight is 781 g/mol. The van der Waals surface area contributed by atoms with Crippen molar-refractivity contribution in [1.29, 1.82) is 0 Å². The summed E-state index contributed by atoms with van der Waals surface area (Å²) in [5, 5.41) is 0. The van der Waals surface area contributed by atoms with Gasteiger partial charge in [0.05, 0.1) is 49.8 Å². The van der Waals surface area contributed by atoms with E-state index in [9.17, 15) is 39.1 Å². The molecule has 1 aliphatic heterocycles. The Kier molecular flexibility index (Phi) is 13.4. The van der Waals surface area contributed by atoms with E-state index in [1.54, 1.807) is 45.6 Å². The zero-order valence-corrected chi connectivity index (χ0v) is 32.9. The Morgan fingerprint density at radius 2 is 1.60 bits per heavy atom. The van der Waals surface area contributed by atoms with Crippen molar-refractivity contribution in [3.8, 4) is 17.8 Å². The van der Waals surface area contributed by atoms with E-state index in [1.807, 2.05) is 58.8 Å². The van der Waals surface area contributed by atoms with Crippen LogP contribution in [0.3, 0.4) is 0 Å². The Balaban J connectivity index is 0.00000627. The summed E-state index contributed by atoms with van der Waals surface area (Å²) in [5.74, 6) is -0.227. The summed E-state index contributed by atoms with van der Waals surface area (Å²) in [5.41, 5.74) is 8.43. The quantitative estimate of drug-likeness (QED) is 0.0530. The predicted octanol–water partition coefficient (Wildman–Crippen LogP) is 1.49. The molecule has 2 N–H and O–H groups in total. The molecule has 0 saturated heterocycles. The van der Waals surface area contributed by atoms with Gasteiger partial charge in [-0.25, -0.2) is 21.4 Å². The van der Waals surface area contributed by atoms with Crippen molar-refractivity contribution >= 4 is 48.7 Å². The normalized spacial score (nSPS) is 14.5. The van der Waals surface area contributed by atoms with Crippen LogP contribution in [0.15, 0.2) is 90.5 Å². The fraction of sp³-hybridized carbons (Fsp3) is 0.286. The van der Waals surface area contributed by atoms with Gasteiger partial charge >= 0.3 is 35.7 Å². The molecule has 0 aliphatic carbocycles. The van der Waals surface area contributed by atoms with Crippen LogP contribution >= 0.6 is 0 Å². The largest absolute Gasteiger partial charge is 1.00 e. The number of anilines is 2. The summed E-state index contributed by atoms with van der Waals surface area (Å²) in [4.78, 5) is 3.37. The van der Waals surface area contributed by atoms with Crippen molar-refractivity contribution in [3.63, 3.8) is 0 Å². The minimum absolute atomic E-state index is 0. The van der Waals surface area contributed by atoms with Crippen molar-refractivity contribution in [2.24, 2.45) is 5.73 Å². The standard InChI is InChI=1S/C35H37F3N6O6S2.Na/c1-3-41-29-12-10-27(35(36,37)38)24-31(29)42(19-6-22-51(45,46)47)33(41)14-8-26(2)9-15-34-43(20-7-23-52(48,49)50)32-25-28(40-17-4-5-18-40)11-13-30(32)44(34)21-16-39;/h4-5,8-15,17-18,24-25H,3,6-7,19-20,22-23,39H2,1-2H3,(H-,45,46,47,48,49,50);/q;+1/p-1. The predicted molar refractivity (Wildman–Crippen MR) is 190 cm³/mol. The minimum Gasteiger partial charge on any atom is -0.748 e. The Labute approximate surface area is 328 Å². The van der Waals surface area contributed by atoms with E-state index in [0.29, 0.717) is 40.5 Å². The summed E-state index contributed by atoms with van der Waals surface area (Å²) in [6.45, 7) is 4.14. The number of aryl methyl sites for hydroxylation is 1. The summed E-state index contributed by atoms with van der Waals surface area (Å²) in [7, 11) is -9.02. The van der Waals surface area contributed by atoms with Gasteiger partial charge in [-0.1, -0.05) is 17.7 Å². The molecule has 0 radical (unpaired) electrons. The summed E-state index contributed by atoms with van der Waals surface area (Å²) < 4.78 is 115. The first-order valence-electron chi connectivity index (χ1n) is 16.1. The van der Waals surface area contributed by atoms with Crippen LogP contribution in [0.5, 0.6) is 0 Å². The molecule has 0 fully saturated rings. The number of allylic oxidation sites excluding steroid dienone is 4. The van der Waals surface area contributed by atoms with Crippen molar-refractivity contribution in [2.75, 3.05) is 34.4 Å². The number of hydrogen-bond donors (Lipinski definition) is 1. The first kappa shape index (κ1) is 41.7. The molecule has 0 amide bonds. The van der Waals surface area contributed by atoms with E-state index in [-0.39, 0.29) is 61.2 Å². The first-order valence-corrected chi connectivity index (χ1v) is 19.3. The molecule has 2 aromatic heterocycles. The average Bonchev–Trinajstić information content (AvgIpc) is 3.77. The van der Waals surface area contributed by atoms with Gasteiger partial charge in [0.25, 0.3) is 5.82 Å². The fourth-order valence-corrected chi connectivity index (χ4v) is 7.05. The smallest absolute Gasteiger partial charge is 0.748 e. The van der Waals surface area contributed by atoms with Crippen molar-refractivity contribution < 1.29 is 73.2 Å². The van der Waals surface area contributed by atoms with E-state index in [4.69, 9.17) is 5.73 Å². The number of hydrogen-bond acceptors (Lipinski definition) is 9. The van der Waals surface area contributed by atoms with Gasteiger partial charge in [0.15, 0.2) is 11.0 Å². The summed E-state index contributed by atoms with van der Waals surface area (Å²) >= 11 is 0. The van der Waals surface area contributed by atoms with Crippen LogP contribution in [-0.2, 0) is 33.0 Å². The van der Waals surface area contributed by atoms with E-state index in [1.165, 1.54) is 6.07 Å². The third kappa shape index (κ3) is 10.1. The monoisotopic (exact) mass is 780 g/mol. The third-order valence-corrected chi connectivity index (χ3v) is 9.95. The molecule has 3 heterocycles. The Bertz CT molecular complexity index is 2340. The van der Waals surface area contributed by atoms with Gasteiger partial charge < -0.3 is 29.2 Å². The van der Waals surface area contributed by atoms with Gasteiger partial charge in [0, 0.05) is 54.8 Å². The first-order chi connectivity index (χ1) is 24.5. The van der Waals surface area contributed by atoms with E-state index >= 15 is 0 Å². The second-order valence-corrected chi connectivity index (χ2v) is 15.0. The van der Waals surface area contributed by atoms with Crippen LogP contribution in [0.25, 0.3) is 22.8 Å². The van der Waals surface area contributed by atoms with Crippen LogP contribution in [0.1, 0.15) is 38.1 Å². The molecule has 276 valence electrons. The van der Waals surface area contributed by atoms with Gasteiger partial charge in [0.2, 0.25) is 0 Å². The fourth-order valence-electron chi connectivity index (χ4n) is 6.08. The molecule has 0 atom stereocenters. The van der Waals surface area contributed by atoms with Gasteiger partial charge in [0.1, 0.15) is 11.9 Å². The van der Waals surface area contributed by atoms with Crippen molar-refractivity contribution in [1.82, 2.24) is 9.13 Å². The van der Waals surface area contributed by atoms with Crippen molar-refractivity contribution in [3.05, 3.63) is 102 Å². The number of aromatic nitrogens is 3. The minimum atomic E-state index is -4.61. The Morgan fingerprint density at radius 1 is 0.943 bits per heavy atom. The van der Waals surface area contributed by atoms with Gasteiger partial charge in [-0.05, 0) is 75.2 Å². The van der Waals surface area contributed by atoms with Crippen LogP contribution < -0.4 is 49.7 Å². The maximum Gasteiger partial charge on any atom is 1.00 e. The third-order valence-electron chi connectivity index (χ3n) is 8.37. The molecular formula is C35H36F3N6NaO6S2. The molecule has 0 unspecified atom stereocenters. The maximum atomic E-state index is 13.7. The van der Waals surface area contributed by atoms with E-state index in [2.05, 4.69) is 12.1 Å². The second-order valence-electron chi connectivity index (χ2n) is 12.0. The molecule has 0 saturated carbocycles. The number of rotatable bonds is 13. The van der Waals surface area contributed by atoms with Gasteiger partial charge in [-0.15, -0.1) is 4.57 Å². The number of halogens is 3.